The van der Waals surface area contributed by atoms with Crippen molar-refractivity contribution in [2.45, 2.75) is 25.8 Å². The van der Waals surface area contributed by atoms with Gasteiger partial charge in [-0.25, -0.2) is 0 Å². The van der Waals surface area contributed by atoms with E-state index >= 15 is 0 Å². The number of piperazine rings is 1. The monoisotopic (exact) mass is 261 g/mol. The number of aryl methyl sites for hydroxylation is 1. The summed E-state index contributed by atoms with van der Waals surface area (Å²) in [4.78, 5) is 14.3. The molecule has 19 heavy (non-hydrogen) atoms. The van der Waals surface area contributed by atoms with Gasteiger partial charge in [-0.15, -0.1) is 0 Å². The molecule has 1 atom stereocenters. The van der Waals surface area contributed by atoms with Crippen LogP contribution in [0.5, 0.6) is 0 Å². The van der Waals surface area contributed by atoms with E-state index in [1.54, 1.807) is 0 Å². The van der Waals surface area contributed by atoms with Crippen LogP contribution in [0.3, 0.4) is 0 Å². The Morgan fingerprint density at radius 3 is 2.79 bits per heavy atom. The second kappa shape index (κ2) is 6.68. The first-order valence-electron chi connectivity index (χ1n) is 7.01. The number of anilines is 1. The molecule has 2 N–H and O–H groups in total. The number of rotatable bonds is 4. The molecule has 1 aliphatic heterocycles. The molecule has 1 aromatic carbocycles. The Morgan fingerprint density at radius 1 is 1.42 bits per heavy atom. The Bertz CT molecular complexity index is 416. The largest absolute Gasteiger partial charge is 0.325 e. The SMILES string of the molecule is CCCc1ccc(NC(=O)C2CNCCN2C)cc1. The molecule has 104 valence electrons. The fourth-order valence-corrected chi connectivity index (χ4v) is 2.37. The van der Waals surface area contributed by atoms with Gasteiger partial charge < -0.3 is 10.6 Å². The number of benzene rings is 1. The van der Waals surface area contributed by atoms with Gasteiger partial charge in [-0.2, -0.15) is 0 Å². The molecule has 2 rings (SSSR count). The van der Waals surface area contributed by atoms with E-state index in [1.165, 1.54) is 5.56 Å². The van der Waals surface area contributed by atoms with Crippen LogP contribution in [0.2, 0.25) is 0 Å². The zero-order valence-electron chi connectivity index (χ0n) is 11.8. The minimum Gasteiger partial charge on any atom is -0.325 e. The molecule has 1 saturated heterocycles. The van der Waals surface area contributed by atoms with Crippen molar-refractivity contribution in [2.75, 3.05) is 32.0 Å². The second-order valence-electron chi connectivity index (χ2n) is 5.14. The topological polar surface area (TPSA) is 44.4 Å². The van der Waals surface area contributed by atoms with Crippen molar-refractivity contribution in [1.82, 2.24) is 10.2 Å². The summed E-state index contributed by atoms with van der Waals surface area (Å²) in [6.45, 7) is 4.75. The van der Waals surface area contributed by atoms with Gasteiger partial charge in [-0.1, -0.05) is 25.5 Å². The van der Waals surface area contributed by atoms with E-state index in [1.807, 2.05) is 19.2 Å². The van der Waals surface area contributed by atoms with Gasteiger partial charge in [0.25, 0.3) is 0 Å². The van der Waals surface area contributed by atoms with Gasteiger partial charge in [0.15, 0.2) is 0 Å². The Morgan fingerprint density at radius 2 is 2.16 bits per heavy atom. The van der Waals surface area contributed by atoms with E-state index < -0.39 is 0 Å². The zero-order chi connectivity index (χ0) is 13.7. The summed E-state index contributed by atoms with van der Waals surface area (Å²) in [5.41, 5.74) is 2.20. The van der Waals surface area contributed by atoms with Crippen LogP contribution < -0.4 is 10.6 Å². The highest BCUT2D eigenvalue weighted by Crippen LogP contribution is 2.12. The van der Waals surface area contributed by atoms with Crippen LogP contribution in [0, 0.1) is 0 Å². The second-order valence-corrected chi connectivity index (χ2v) is 5.14. The minimum absolute atomic E-state index is 0.0675. The first kappa shape index (κ1) is 14.0. The van der Waals surface area contributed by atoms with Crippen LogP contribution in [-0.4, -0.2) is 43.5 Å². The van der Waals surface area contributed by atoms with Gasteiger partial charge in [0.05, 0.1) is 0 Å². The predicted octanol–water partition coefficient (Wildman–Crippen LogP) is 1.48. The Kier molecular flexibility index (Phi) is 4.93. The lowest BCUT2D eigenvalue weighted by Gasteiger charge is -2.31. The standard InChI is InChI=1S/C15H23N3O/c1-3-4-12-5-7-13(8-6-12)17-15(19)14-11-16-9-10-18(14)2/h5-8,14,16H,3-4,9-11H2,1-2H3,(H,17,19). The van der Waals surface area contributed by atoms with Crippen LogP contribution in [0.1, 0.15) is 18.9 Å². The molecule has 1 aromatic rings. The highest BCUT2D eigenvalue weighted by atomic mass is 16.2. The number of carbonyl (C=O) groups excluding carboxylic acids is 1. The number of hydrogen-bond donors (Lipinski definition) is 2. The van der Waals surface area contributed by atoms with Crippen LogP contribution in [-0.2, 0) is 11.2 Å². The van der Waals surface area contributed by atoms with Crippen molar-refractivity contribution in [3.8, 4) is 0 Å². The lowest BCUT2D eigenvalue weighted by Crippen LogP contribution is -2.54. The molecule has 0 bridgehead atoms. The van der Waals surface area contributed by atoms with Crippen LogP contribution in [0.25, 0.3) is 0 Å². The summed E-state index contributed by atoms with van der Waals surface area (Å²) in [5, 5.41) is 6.25. The van der Waals surface area contributed by atoms with E-state index in [2.05, 4.69) is 34.6 Å². The molecule has 0 aliphatic carbocycles. The number of amides is 1. The number of carbonyl (C=O) groups is 1. The maximum Gasteiger partial charge on any atom is 0.243 e. The van der Waals surface area contributed by atoms with Crippen molar-refractivity contribution in [2.24, 2.45) is 0 Å². The summed E-state index contributed by atoms with van der Waals surface area (Å²) in [6, 6.07) is 8.06. The summed E-state index contributed by atoms with van der Waals surface area (Å²) in [7, 11) is 2.00. The van der Waals surface area contributed by atoms with Crippen molar-refractivity contribution in [1.29, 1.82) is 0 Å². The Hall–Kier alpha value is -1.39. The highest BCUT2D eigenvalue weighted by molar-refractivity contribution is 5.95. The molecule has 1 aliphatic rings. The van der Waals surface area contributed by atoms with E-state index in [-0.39, 0.29) is 11.9 Å². The van der Waals surface area contributed by atoms with E-state index in [9.17, 15) is 4.79 Å². The molecule has 1 heterocycles. The molecule has 4 heteroatoms. The maximum atomic E-state index is 12.2. The van der Waals surface area contributed by atoms with Gasteiger partial charge in [0.2, 0.25) is 5.91 Å². The third-order valence-electron chi connectivity index (χ3n) is 3.57. The summed E-state index contributed by atoms with van der Waals surface area (Å²) >= 11 is 0. The number of likely N-dealkylation sites (N-methyl/N-ethyl adjacent to an activating group) is 1. The third-order valence-corrected chi connectivity index (χ3v) is 3.57. The molecule has 0 radical (unpaired) electrons. The quantitative estimate of drug-likeness (QED) is 0.863. The lowest BCUT2D eigenvalue weighted by molar-refractivity contribution is -0.121. The number of nitrogens with one attached hydrogen (secondary N) is 2. The highest BCUT2D eigenvalue weighted by Gasteiger charge is 2.25. The third kappa shape index (κ3) is 3.78. The van der Waals surface area contributed by atoms with E-state index in [0.717, 1.165) is 38.2 Å². The van der Waals surface area contributed by atoms with Crippen molar-refractivity contribution in [3.63, 3.8) is 0 Å². The molecule has 0 spiro atoms. The van der Waals surface area contributed by atoms with Gasteiger partial charge in [0, 0.05) is 25.3 Å². The normalized spacial score (nSPS) is 20.2. The van der Waals surface area contributed by atoms with Gasteiger partial charge in [-0.05, 0) is 31.2 Å². The molecule has 4 nitrogen and oxygen atoms in total. The molecular weight excluding hydrogens is 238 g/mol. The fourth-order valence-electron chi connectivity index (χ4n) is 2.37. The average Bonchev–Trinajstić information content (AvgIpc) is 2.42. The number of hydrogen-bond acceptors (Lipinski definition) is 3. The Balaban J connectivity index is 1.94. The van der Waals surface area contributed by atoms with Crippen LogP contribution >= 0.6 is 0 Å². The first-order valence-corrected chi connectivity index (χ1v) is 7.01. The van der Waals surface area contributed by atoms with Gasteiger partial charge in [-0.3, -0.25) is 9.69 Å². The minimum atomic E-state index is -0.0796. The van der Waals surface area contributed by atoms with Gasteiger partial charge in [0.1, 0.15) is 6.04 Å². The van der Waals surface area contributed by atoms with Crippen molar-refractivity contribution >= 4 is 11.6 Å². The predicted molar refractivity (Wildman–Crippen MR) is 78.4 cm³/mol. The molecule has 0 aromatic heterocycles. The summed E-state index contributed by atoms with van der Waals surface area (Å²) in [6.07, 6.45) is 2.23. The smallest absolute Gasteiger partial charge is 0.243 e. The Labute approximate surface area is 115 Å². The first-order chi connectivity index (χ1) is 9.20. The van der Waals surface area contributed by atoms with Crippen LogP contribution in [0.15, 0.2) is 24.3 Å². The average molecular weight is 261 g/mol. The van der Waals surface area contributed by atoms with Crippen molar-refractivity contribution in [3.05, 3.63) is 29.8 Å². The summed E-state index contributed by atoms with van der Waals surface area (Å²) in [5.74, 6) is 0.0675. The van der Waals surface area contributed by atoms with E-state index in [4.69, 9.17) is 0 Å². The fraction of sp³-hybridized carbons (Fsp3) is 0.533. The number of nitrogens with zero attached hydrogens (tertiary/aromatic N) is 1. The lowest BCUT2D eigenvalue weighted by atomic mass is 10.1. The summed E-state index contributed by atoms with van der Waals surface area (Å²) < 4.78 is 0. The molecule has 1 unspecified atom stereocenters. The zero-order valence-corrected chi connectivity index (χ0v) is 11.8. The molecule has 0 saturated carbocycles. The molecule has 1 fully saturated rings. The van der Waals surface area contributed by atoms with E-state index in [0.29, 0.717) is 0 Å². The molecular formula is C15H23N3O. The van der Waals surface area contributed by atoms with Crippen LogP contribution in [0.4, 0.5) is 5.69 Å². The van der Waals surface area contributed by atoms with Crippen molar-refractivity contribution < 1.29 is 4.79 Å². The van der Waals surface area contributed by atoms with Gasteiger partial charge >= 0.3 is 0 Å². The molecule has 1 amide bonds. The maximum absolute atomic E-state index is 12.2.